The molecule has 0 unspecified atom stereocenters. The molecular formula is C23H23N3OSi. The number of aryl methyl sites for hydroxylation is 2. The quantitative estimate of drug-likeness (QED) is 0.426. The maximum atomic E-state index is 12.6. The molecule has 0 saturated heterocycles. The average Bonchev–Trinajstić information content (AvgIpc) is 2.93. The van der Waals surface area contributed by atoms with Gasteiger partial charge in [-0.1, -0.05) is 30.3 Å². The molecule has 0 atom stereocenters. The first-order valence-corrected chi connectivity index (χ1v) is 10.2. The summed E-state index contributed by atoms with van der Waals surface area (Å²) in [6.45, 7) is 6.01. The molecular weight excluding hydrogens is 362 g/mol. The Morgan fingerprint density at radius 1 is 1.11 bits per heavy atom. The molecule has 0 bridgehead atoms. The van der Waals surface area contributed by atoms with E-state index in [4.69, 9.17) is 0 Å². The molecule has 2 aromatic carbocycles. The van der Waals surface area contributed by atoms with Crippen LogP contribution in [-0.4, -0.2) is 20.7 Å². The maximum absolute atomic E-state index is 12.6. The van der Waals surface area contributed by atoms with Gasteiger partial charge in [0.25, 0.3) is 5.91 Å². The first kappa shape index (κ1) is 19.4. The zero-order chi connectivity index (χ0) is 20.3. The third-order valence-electron chi connectivity index (χ3n) is 4.77. The van der Waals surface area contributed by atoms with Crippen molar-refractivity contribution in [3.05, 3.63) is 82.7 Å². The monoisotopic (exact) mass is 385 g/mol. The number of amides is 1. The Morgan fingerprint density at radius 3 is 2.54 bits per heavy atom. The standard InChI is InChI=1S/C23H23N3OSi/c1-15-7-6-8-20(11-15)25-23(27)19(14-24)13-18-12-16(2)26(17(18)3)21-9-4-5-10-22(21)28/h4-13H,1-3,28H3,(H,25,27). The second-order valence-corrected chi connectivity index (χ2v) is 8.02. The van der Waals surface area contributed by atoms with Crippen LogP contribution in [0.1, 0.15) is 22.5 Å². The number of para-hydroxylation sites is 1. The molecule has 0 fully saturated rings. The van der Waals surface area contributed by atoms with E-state index in [0.717, 1.165) is 38.4 Å². The number of hydrogen-bond donors (Lipinski definition) is 1. The Labute approximate surface area is 168 Å². The van der Waals surface area contributed by atoms with Crippen LogP contribution in [0.3, 0.4) is 0 Å². The van der Waals surface area contributed by atoms with Crippen molar-refractivity contribution >= 4 is 33.1 Å². The van der Waals surface area contributed by atoms with E-state index in [0.29, 0.717) is 5.69 Å². The van der Waals surface area contributed by atoms with Crippen molar-refractivity contribution in [2.75, 3.05) is 5.32 Å². The predicted molar refractivity (Wildman–Crippen MR) is 118 cm³/mol. The second-order valence-electron chi connectivity index (χ2n) is 6.94. The number of nitrogens with one attached hydrogen (secondary N) is 1. The van der Waals surface area contributed by atoms with E-state index in [1.165, 1.54) is 5.19 Å². The van der Waals surface area contributed by atoms with Crippen LogP contribution in [0.15, 0.2) is 60.2 Å². The third-order valence-corrected chi connectivity index (χ3v) is 5.61. The number of rotatable bonds is 4. The highest BCUT2D eigenvalue weighted by atomic mass is 28.1. The fourth-order valence-electron chi connectivity index (χ4n) is 3.34. The van der Waals surface area contributed by atoms with Gasteiger partial charge in [-0.3, -0.25) is 4.79 Å². The smallest absolute Gasteiger partial charge is 0.266 e. The van der Waals surface area contributed by atoms with Gasteiger partial charge in [-0.15, -0.1) is 0 Å². The summed E-state index contributed by atoms with van der Waals surface area (Å²) in [4.78, 5) is 12.6. The van der Waals surface area contributed by atoms with Gasteiger partial charge in [-0.05, 0) is 67.4 Å². The molecule has 1 heterocycles. The maximum Gasteiger partial charge on any atom is 0.266 e. The second kappa shape index (κ2) is 8.11. The number of hydrogen-bond acceptors (Lipinski definition) is 2. The number of aromatic nitrogens is 1. The largest absolute Gasteiger partial charge is 0.321 e. The number of nitrogens with zero attached hydrogens (tertiary/aromatic N) is 2. The SMILES string of the molecule is Cc1cccc(NC(=O)C(C#N)=Cc2cc(C)n(-c3ccccc3[SiH3])c2C)c1. The van der Waals surface area contributed by atoms with E-state index in [1.54, 1.807) is 6.08 Å². The van der Waals surface area contributed by atoms with Crippen molar-refractivity contribution in [3.63, 3.8) is 0 Å². The Morgan fingerprint density at radius 2 is 1.86 bits per heavy atom. The van der Waals surface area contributed by atoms with Crippen LogP contribution in [0, 0.1) is 32.1 Å². The first-order chi connectivity index (χ1) is 13.4. The fourth-order valence-corrected chi connectivity index (χ4v) is 3.93. The minimum absolute atomic E-state index is 0.0842. The zero-order valence-electron chi connectivity index (χ0n) is 16.6. The van der Waals surface area contributed by atoms with Crippen LogP contribution in [0.2, 0.25) is 0 Å². The lowest BCUT2D eigenvalue weighted by atomic mass is 10.1. The van der Waals surface area contributed by atoms with E-state index < -0.39 is 5.91 Å². The van der Waals surface area contributed by atoms with Gasteiger partial charge in [0.05, 0.1) is 0 Å². The average molecular weight is 386 g/mol. The van der Waals surface area contributed by atoms with Crippen molar-refractivity contribution in [2.24, 2.45) is 0 Å². The van der Waals surface area contributed by atoms with Gasteiger partial charge in [-0.25, -0.2) is 0 Å². The van der Waals surface area contributed by atoms with Gasteiger partial charge in [0, 0.05) is 33.0 Å². The molecule has 3 aromatic rings. The molecule has 140 valence electrons. The zero-order valence-corrected chi connectivity index (χ0v) is 18.6. The lowest BCUT2D eigenvalue weighted by Crippen LogP contribution is -2.14. The highest BCUT2D eigenvalue weighted by Crippen LogP contribution is 2.22. The normalized spacial score (nSPS) is 11.3. The first-order valence-electron chi connectivity index (χ1n) is 9.15. The van der Waals surface area contributed by atoms with Crippen LogP contribution < -0.4 is 10.5 Å². The van der Waals surface area contributed by atoms with Gasteiger partial charge in [0.1, 0.15) is 11.6 Å². The molecule has 1 amide bonds. The van der Waals surface area contributed by atoms with Crippen LogP contribution >= 0.6 is 0 Å². The molecule has 4 nitrogen and oxygen atoms in total. The molecule has 1 aromatic heterocycles. The lowest BCUT2D eigenvalue weighted by Gasteiger charge is -2.12. The molecule has 0 aliphatic heterocycles. The van der Waals surface area contributed by atoms with Gasteiger partial charge in [0.15, 0.2) is 0 Å². The Kier molecular flexibility index (Phi) is 5.62. The summed E-state index contributed by atoms with van der Waals surface area (Å²) < 4.78 is 2.18. The molecule has 0 saturated carbocycles. The Hall–Kier alpha value is -3.36. The number of carbonyl (C=O) groups excluding carboxylic acids is 1. The van der Waals surface area contributed by atoms with Gasteiger partial charge < -0.3 is 9.88 Å². The number of nitriles is 1. The highest BCUT2D eigenvalue weighted by molar-refractivity contribution is 6.34. The van der Waals surface area contributed by atoms with Crippen molar-refractivity contribution < 1.29 is 4.79 Å². The van der Waals surface area contributed by atoms with Crippen molar-refractivity contribution in [1.82, 2.24) is 4.57 Å². The summed E-state index contributed by atoms with van der Waals surface area (Å²) in [5.41, 5.74) is 5.93. The minimum atomic E-state index is -0.402. The summed E-state index contributed by atoms with van der Waals surface area (Å²) >= 11 is 0. The van der Waals surface area contributed by atoms with Crippen molar-refractivity contribution in [3.8, 4) is 11.8 Å². The number of anilines is 1. The number of carbonyl (C=O) groups is 1. The van der Waals surface area contributed by atoms with Crippen LogP contribution in [0.4, 0.5) is 5.69 Å². The van der Waals surface area contributed by atoms with Crippen molar-refractivity contribution in [2.45, 2.75) is 20.8 Å². The van der Waals surface area contributed by atoms with Gasteiger partial charge >= 0.3 is 0 Å². The van der Waals surface area contributed by atoms with E-state index in [-0.39, 0.29) is 5.57 Å². The van der Waals surface area contributed by atoms with Gasteiger partial charge in [-0.2, -0.15) is 5.26 Å². The van der Waals surface area contributed by atoms with Crippen LogP contribution in [0.25, 0.3) is 11.8 Å². The lowest BCUT2D eigenvalue weighted by molar-refractivity contribution is -0.112. The molecule has 1 N–H and O–H groups in total. The molecule has 0 aliphatic carbocycles. The van der Waals surface area contributed by atoms with Crippen LogP contribution in [0.5, 0.6) is 0 Å². The van der Waals surface area contributed by atoms with E-state index in [9.17, 15) is 10.1 Å². The molecule has 3 rings (SSSR count). The summed E-state index contributed by atoms with van der Waals surface area (Å²) in [7, 11) is 0.944. The van der Waals surface area contributed by atoms with Crippen LogP contribution in [-0.2, 0) is 4.79 Å². The van der Waals surface area contributed by atoms with Gasteiger partial charge in [0.2, 0.25) is 0 Å². The highest BCUT2D eigenvalue weighted by Gasteiger charge is 2.14. The van der Waals surface area contributed by atoms with Crippen molar-refractivity contribution in [1.29, 1.82) is 5.26 Å². The topological polar surface area (TPSA) is 57.8 Å². The number of benzene rings is 2. The Balaban J connectivity index is 1.95. The predicted octanol–water partition coefficient (Wildman–Crippen LogP) is 2.94. The molecule has 0 radical (unpaired) electrons. The molecule has 0 spiro atoms. The summed E-state index contributed by atoms with van der Waals surface area (Å²) in [6.07, 6.45) is 1.67. The van der Waals surface area contributed by atoms with E-state index in [2.05, 4.69) is 22.0 Å². The fraction of sp³-hybridized carbons (Fsp3) is 0.130. The summed E-state index contributed by atoms with van der Waals surface area (Å²) in [6, 6.07) is 19.9. The van der Waals surface area contributed by atoms with E-state index >= 15 is 0 Å². The Bertz CT molecular complexity index is 1120. The molecule has 0 aliphatic rings. The minimum Gasteiger partial charge on any atom is -0.321 e. The third kappa shape index (κ3) is 3.97. The molecule has 5 heteroatoms. The van der Waals surface area contributed by atoms with E-state index in [1.807, 2.05) is 69.3 Å². The molecule has 28 heavy (non-hydrogen) atoms. The summed E-state index contributed by atoms with van der Waals surface area (Å²) in [5, 5.41) is 13.6. The summed E-state index contributed by atoms with van der Waals surface area (Å²) in [5.74, 6) is -0.402.